The monoisotopic (exact) mass is 519 g/mol. The van der Waals surface area contributed by atoms with Crippen LogP contribution in [-0.2, 0) is 11.3 Å². The van der Waals surface area contributed by atoms with Gasteiger partial charge in [0.05, 0.1) is 29.8 Å². The maximum absolute atomic E-state index is 13.3. The van der Waals surface area contributed by atoms with Crippen LogP contribution in [-0.4, -0.2) is 69.9 Å². The van der Waals surface area contributed by atoms with E-state index >= 15 is 0 Å². The molecule has 3 fully saturated rings. The van der Waals surface area contributed by atoms with Crippen molar-refractivity contribution in [2.24, 2.45) is 5.41 Å². The fraction of sp³-hybridized carbons (Fsp3) is 0.640. The SMILES string of the molecule is CC(C)(C)C(=O)n1nc(C2CC3CCC(C2)N3C(=O)N2CCOCC2)cc1NCc1ccc(Cl)s1. The van der Waals surface area contributed by atoms with Gasteiger partial charge in [-0.15, -0.1) is 11.3 Å². The molecule has 2 amide bonds. The van der Waals surface area contributed by atoms with Gasteiger partial charge in [-0.05, 0) is 37.8 Å². The number of hydrogen-bond donors (Lipinski definition) is 1. The molecule has 2 aromatic rings. The van der Waals surface area contributed by atoms with Gasteiger partial charge in [-0.25, -0.2) is 4.79 Å². The zero-order valence-corrected chi connectivity index (χ0v) is 22.2. The molecular formula is C25H34ClN5O3S. The first-order chi connectivity index (χ1) is 16.7. The molecule has 2 unspecified atom stereocenters. The standard InChI is InChI=1S/C25H34ClN5O3S/c1-25(2,3)23(32)31-22(27-15-19-6-7-21(26)35-19)14-20(28-31)16-12-17-4-5-18(13-16)30(17)24(33)29-8-10-34-11-9-29/h6-7,14,16-18,27H,4-5,8-13,15H2,1-3H3. The van der Waals surface area contributed by atoms with Gasteiger partial charge in [0.2, 0.25) is 0 Å². The molecule has 2 aromatic heterocycles. The normalized spacial score (nSPS) is 24.6. The number of anilines is 1. The number of halogens is 1. The second kappa shape index (κ2) is 9.75. The van der Waals surface area contributed by atoms with Gasteiger partial charge in [0.15, 0.2) is 0 Å². The van der Waals surface area contributed by atoms with E-state index in [1.165, 1.54) is 16.0 Å². The van der Waals surface area contributed by atoms with Crippen molar-refractivity contribution in [3.05, 3.63) is 33.1 Å². The molecule has 0 aromatic carbocycles. The summed E-state index contributed by atoms with van der Waals surface area (Å²) < 4.78 is 7.71. The number of carbonyl (C=O) groups is 2. The van der Waals surface area contributed by atoms with Crippen LogP contribution in [0, 0.1) is 5.41 Å². The van der Waals surface area contributed by atoms with E-state index < -0.39 is 5.41 Å². The summed E-state index contributed by atoms with van der Waals surface area (Å²) in [5.74, 6) is 0.897. The summed E-state index contributed by atoms with van der Waals surface area (Å²) in [6.45, 7) is 8.89. The second-order valence-corrected chi connectivity index (χ2v) is 12.6. The van der Waals surface area contributed by atoms with Crippen molar-refractivity contribution >= 4 is 40.7 Å². The number of nitrogens with zero attached hydrogens (tertiary/aromatic N) is 4. The Hall–Kier alpha value is -2.10. The summed E-state index contributed by atoms with van der Waals surface area (Å²) >= 11 is 7.61. The van der Waals surface area contributed by atoms with Gasteiger partial charge < -0.3 is 19.9 Å². The molecule has 0 spiro atoms. The van der Waals surface area contributed by atoms with Crippen LogP contribution in [0.5, 0.6) is 0 Å². The Kier molecular flexibility index (Phi) is 6.85. The Morgan fingerprint density at radius 3 is 2.46 bits per heavy atom. The Labute approximate surface area is 215 Å². The summed E-state index contributed by atoms with van der Waals surface area (Å²) in [5.41, 5.74) is 0.378. The number of amides is 2. The van der Waals surface area contributed by atoms with Gasteiger partial charge >= 0.3 is 6.03 Å². The molecule has 190 valence electrons. The summed E-state index contributed by atoms with van der Waals surface area (Å²) in [5, 5.41) is 8.24. The van der Waals surface area contributed by atoms with Crippen molar-refractivity contribution in [3.63, 3.8) is 0 Å². The molecule has 3 aliphatic heterocycles. The fourth-order valence-corrected chi connectivity index (χ4v) is 6.50. The lowest BCUT2D eigenvalue weighted by Crippen LogP contribution is -2.54. The number of carbonyl (C=O) groups excluding carboxylic acids is 2. The Balaban J connectivity index is 1.34. The van der Waals surface area contributed by atoms with Crippen LogP contribution >= 0.6 is 22.9 Å². The van der Waals surface area contributed by atoms with Crippen molar-refractivity contribution in [2.45, 2.75) is 71.0 Å². The van der Waals surface area contributed by atoms with E-state index in [1.54, 1.807) is 0 Å². The molecule has 0 radical (unpaired) electrons. The number of ether oxygens (including phenoxy) is 1. The minimum absolute atomic E-state index is 0.0432. The fourth-order valence-electron chi connectivity index (χ4n) is 5.47. The molecule has 1 N–H and O–H groups in total. The number of hydrogen-bond acceptors (Lipinski definition) is 6. The van der Waals surface area contributed by atoms with Gasteiger partial charge in [-0.3, -0.25) is 4.79 Å². The van der Waals surface area contributed by atoms with E-state index in [4.69, 9.17) is 21.4 Å². The van der Waals surface area contributed by atoms with E-state index in [0.29, 0.717) is 38.7 Å². The first-order valence-electron chi connectivity index (χ1n) is 12.5. The molecule has 0 aliphatic carbocycles. The molecule has 0 saturated carbocycles. The van der Waals surface area contributed by atoms with Crippen LogP contribution in [0.15, 0.2) is 18.2 Å². The lowest BCUT2D eigenvalue weighted by Gasteiger charge is -2.42. The molecule has 5 heterocycles. The average molecular weight is 520 g/mol. The van der Waals surface area contributed by atoms with Crippen LogP contribution in [0.25, 0.3) is 0 Å². The lowest BCUT2D eigenvalue weighted by molar-refractivity contribution is 0.0330. The smallest absolute Gasteiger partial charge is 0.320 e. The molecule has 2 bridgehead atoms. The molecular weight excluding hydrogens is 486 g/mol. The largest absolute Gasteiger partial charge is 0.378 e. The first-order valence-corrected chi connectivity index (χ1v) is 13.7. The Morgan fingerprint density at radius 2 is 1.86 bits per heavy atom. The van der Waals surface area contributed by atoms with Gasteiger partial charge in [0.1, 0.15) is 5.82 Å². The molecule has 2 atom stereocenters. The molecule has 10 heteroatoms. The van der Waals surface area contributed by atoms with Crippen LogP contribution in [0.2, 0.25) is 4.34 Å². The van der Waals surface area contributed by atoms with E-state index in [1.807, 2.05) is 43.9 Å². The molecule has 5 rings (SSSR count). The van der Waals surface area contributed by atoms with E-state index in [2.05, 4.69) is 10.2 Å². The minimum atomic E-state index is -0.557. The van der Waals surface area contributed by atoms with Gasteiger partial charge in [-0.1, -0.05) is 32.4 Å². The maximum atomic E-state index is 13.3. The number of nitrogens with one attached hydrogen (secondary N) is 1. The summed E-state index contributed by atoms with van der Waals surface area (Å²) in [6.07, 6.45) is 3.83. The summed E-state index contributed by atoms with van der Waals surface area (Å²) in [7, 11) is 0. The van der Waals surface area contributed by atoms with Gasteiger partial charge in [-0.2, -0.15) is 9.78 Å². The molecule has 8 nitrogen and oxygen atoms in total. The maximum Gasteiger partial charge on any atom is 0.320 e. The van der Waals surface area contributed by atoms with E-state index in [-0.39, 0.29) is 29.9 Å². The third-order valence-corrected chi connectivity index (χ3v) is 8.52. The van der Waals surface area contributed by atoms with Crippen molar-refractivity contribution in [2.75, 3.05) is 31.6 Å². The highest BCUT2D eigenvalue weighted by Crippen LogP contribution is 2.44. The number of aromatic nitrogens is 2. The predicted octanol–water partition coefficient (Wildman–Crippen LogP) is 5.06. The third-order valence-electron chi connectivity index (χ3n) is 7.29. The molecule has 35 heavy (non-hydrogen) atoms. The highest BCUT2D eigenvalue weighted by Gasteiger charge is 2.45. The van der Waals surface area contributed by atoms with Crippen LogP contribution in [0.1, 0.15) is 67.7 Å². The minimum Gasteiger partial charge on any atom is -0.378 e. The number of urea groups is 1. The first kappa shape index (κ1) is 24.6. The summed E-state index contributed by atoms with van der Waals surface area (Å²) in [6, 6.07) is 6.51. The highest BCUT2D eigenvalue weighted by atomic mass is 35.5. The number of thiophene rings is 1. The van der Waals surface area contributed by atoms with Crippen molar-refractivity contribution in [3.8, 4) is 0 Å². The third kappa shape index (κ3) is 5.08. The average Bonchev–Trinajstić information content (AvgIpc) is 3.52. The number of fused-ring (bicyclic) bond motifs is 2. The molecule has 3 saturated heterocycles. The van der Waals surface area contributed by atoms with Crippen molar-refractivity contribution in [1.82, 2.24) is 19.6 Å². The quantitative estimate of drug-likeness (QED) is 0.610. The lowest BCUT2D eigenvalue weighted by atomic mass is 9.88. The Morgan fingerprint density at radius 1 is 1.17 bits per heavy atom. The predicted molar refractivity (Wildman–Crippen MR) is 137 cm³/mol. The van der Waals surface area contributed by atoms with E-state index in [0.717, 1.165) is 40.6 Å². The van der Waals surface area contributed by atoms with Gasteiger partial charge in [0, 0.05) is 47.4 Å². The number of rotatable bonds is 4. The topological polar surface area (TPSA) is 79.7 Å². The van der Waals surface area contributed by atoms with Crippen LogP contribution in [0.3, 0.4) is 0 Å². The van der Waals surface area contributed by atoms with Crippen molar-refractivity contribution < 1.29 is 14.3 Å². The highest BCUT2D eigenvalue weighted by molar-refractivity contribution is 7.16. The van der Waals surface area contributed by atoms with Crippen molar-refractivity contribution in [1.29, 1.82) is 0 Å². The zero-order chi connectivity index (χ0) is 24.7. The number of piperidine rings is 1. The van der Waals surface area contributed by atoms with E-state index in [9.17, 15) is 9.59 Å². The second-order valence-electron chi connectivity index (χ2n) is 10.8. The van der Waals surface area contributed by atoms with Gasteiger partial charge in [0.25, 0.3) is 5.91 Å². The summed E-state index contributed by atoms with van der Waals surface area (Å²) in [4.78, 5) is 31.6. The zero-order valence-electron chi connectivity index (χ0n) is 20.6. The molecule has 3 aliphatic rings. The van der Waals surface area contributed by atoms with Crippen LogP contribution in [0.4, 0.5) is 10.6 Å². The van der Waals surface area contributed by atoms with Crippen LogP contribution < -0.4 is 5.32 Å². The number of morpholine rings is 1. The Bertz CT molecular complexity index is 1070.